The monoisotopic (exact) mass is 468 g/mol. The predicted molar refractivity (Wildman–Crippen MR) is 140 cm³/mol. The van der Waals surface area contributed by atoms with Crippen molar-refractivity contribution in [2.24, 2.45) is 0 Å². The maximum Gasteiger partial charge on any atom is 0.251 e. The minimum atomic E-state index is -0.0427. The lowest BCUT2D eigenvalue weighted by atomic mass is 10.0. The number of anilines is 1. The second kappa shape index (κ2) is 9.86. The van der Waals surface area contributed by atoms with Crippen molar-refractivity contribution in [2.75, 3.05) is 18.0 Å². The van der Waals surface area contributed by atoms with Gasteiger partial charge in [0.25, 0.3) is 5.91 Å². The van der Waals surface area contributed by atoms with Crippen molar-refractivity contribution >= 4 is 22.8 Å². The number of carbonyl (C=O) groups excluding carboxylic acids is 1. The van der Waals surface area contributed by atoms with Crippen molar-refractivity contribution in [2.45, 2.75) is 52.1 Å². The highest BCUT2D eigenvalue weighted by Gasteiger charge is 2.24. The minimum Gasteiger partial charge on any atom is -0.350 e. The van der Waals surface area contributed by atoms with Crippen LogP contribution in [0.15, 0.2) is 61.1 Å². The van der Waals surface area contributed by atoms with E-state index in [1.165, 1.54) is 5.56 Å². The van der Waals surface area contributed by atoms with Gasteiger partial charge in [-0.2, -0.15) is 5.10 Å². The van der Waals surface area contributed by atoms with Gasteiger partial charge in [-0.25, -0.2) is 9.97 Å². The second-order valence-corrected chi connectivity index (χ2v) is 9.53. The average Bonchev–Trinajstić information content (AvgIpc) is 3.32. The number of hydrogen-bond donors (Lipinski definition) is 1. The van der Waals surface area contributed by atoms with Crippen LogP contribution in [0, 0.1) is 0 Å². The van der Waals surface area contributed by atoms with Crippen LogP contribution in [0.5, 0.6) is 0 Å². The topological polar surface area (TPSA) is 75.9 Å². The molecule has 0 unspecified atom stereocenters. The van der Waals surface area contributed by atoms with Gasteiger partial charge in [-0.15, -0.1) is 0 Å². The van der Waals surface area contributed by atoms with Gasteiger partial charge in [-0.3, -0.25) is 9.48 Å². The number of nitrogens with zero attached hydrogens (tertiary/aromatic N) is 5. The third-order valence-electron chi connectivity index (χ3n) is 6.69. The van der Waals surface area contributed by atoms with Gasteiger partial charge in [0, 0.05) is 42.5 Å². The molecular formula is C28H32N6O. The molecule has 1 N–H and O–H groups in total. The summed E-state index contributed by atoms with van der Waals surface area (Å²) in [7, 11) is 0. The lowest BCUT2D eigenvalue weighted by Crippen LogP contribution is -2.36. The molecule has 2 aromatic heterocycles. The molecule has 7 heteroatoms. The fourth-order valence-electron chi connectivity index (χ4n) is 4.69. The molecule has 0 atom stereocenters. The Bertz CT molecular complexity index is 1300. The molecule has 4 aromatic rings. The summed E-state index contributed by atoms with van der Waals surface area (Å²) in [4.78, 5) is 23.6. The van der Waals surface area contributed by atoms with Gasteiger partial charge in [-0.05, 0) is 74.1 Å². The molecule has 0 aliphatic carbocycles. The number of hydrogen-bond acceptors (Lipinski definition) is 5. The summed E-state index contributed by atoms with van der Waals surface area (Å²) in [5, 5.41) is 8.82. The summed E-state index contributed by atoms with van der Waals surface area (Å²) in [6, 6.07) is 14.7. The number of nitrogens with one attached hydrogen (secondary N) is 1. The maximum atomic E-state index is 12.2. The number of piperidine rings is 1. The summed E-state index contributed by atoms with van der Waals surface area (Å²) in [6.45, 7) is 7.89. The first-order chi connectivity index (χ1) is 17.0. The van der Waals surface area contributed by atoms with Crippen molar-refractivity contribution in [1.29, 1.82) is 0 Å². The van der Waals surface area contributed by atoms with E-state index in [0.29, 0.717) is 11.6 Å². The molecule has 2 aromatic carbocycles. The lowest BCUT2D eigenvalue weighted by Gasteiger charge is -2.32. The van der Waals surface area contributed by atoms with Gasteiger partial charge in [0.15, 0.2) is 0 Å². The van der Waals surface area contributed by atoms with E-state index in [1.54, 1.807) is 0 Å². The minimum absolute atomic E-state index is 0.0427. The standard InChI is InChI=1S/C28H32N6O/c1-4-20-16-29-28(30-17-20)33-13-11-25(12-14-33)34-26-10-9-23(15-24(26)18-31-34)21-5-7-22(8-6-21)27(35)32-19(2)3/h5-10,15-19,25H,4,11-14H2,1-3H3,(H,32,35). The Kier molecular flexibility index (Phi) is 6.49. The molecule has 180 valence electrons. The fraction of sp³-hybridized carbons (Fsp3) is 0.357. The van der Waals surface area contributed by atoms with Crippen LogP contribution in [0.1, 0.15) is 55.6 Å². The maximum absolute atomic E-state index is 12.2. The van der Waals surface area contributed by atoms with Crippen molar-refractivity contribution in [3.05, 3.63) is 72.2 Å². The second-order valence-electron chi connectivity index (χ2n) is 9.53. The third-order valence-corrected chi connectivity index (χ3v) is 6.69. The summed E-state index contributed by atoms with van der Waals surface area (Å²) in [5.41, 5.74) is 5.20. The largest absolute Gasteiger partial charge is 0.350 e. The van der Waals surface area contributed by atoms with Crippen LogP contribution in [0.2, 0.25) is 0 Å². The molecule has 1 fully saturated rings. The quantitative estimate of drug-likeness (QED) is 0.429. The highest BCUT2D eigenvalue weighted by molar-refractivity contribution is 5.95. The van der Waals surface area contributed by atoms with E-state index in [0.717, 1.165) is 60.3 Å². The summed E-state index contributed by atoms with van der Waals surface area (Å²) in [5.74, 6) is 0.780. The molecule has 1 amide bonds. The lowest BCUT2D eigenvalue weighted by molar-refractivity contribution is 0.0943. The zero-order valence-corrected chi connectivity index (χ0v) is 20.6. The molecule has 5 rings (SSSR count). The van der Waals surface area contributed by atoms with Crippen LogP contribution in [-0.4, -0.2) is 44.8 Å². The first-order valence-corrected chi connectivity index (χ1v) is 12.5. The molecule has 3 heterocycles. The van der Waals surface area contributed by atoms with Gasteiger partial charge in [0.05, 0.1) is 17.8 Å². The molecule has 0 radical (unpaired) electrons. The summed E-state index contributed by atoms with van der Waals surface area (Å²) < 4.78 is 2.18. The van der Waals surface area contributed by atoms with Gasteiger partial charge in [0.2, 0.25) is 5.95 Å². The predicted octanol–water partition coefficient (Wildman–Crippen LogP) is 5.04. The Labute approximate surface area is 206 Å². The molecule has 0 saturated carbocycles. The van der Waals surface area contributed by atoms with Crippen LogP contribution in [0.4, 0.5) is 5.95 Å². The number of fused-ring (bicyclic) bond motifs is 1. The molecular weight excluding hydrogens is 436 g/mol. The van der Waals surface area contributed by atoms with Gasteiger partial charge in [0.1, 0.15) is 0 Å². The smallest absolute Gasteiger partial charge is 0.251 e. The van der Waals surface area contributed by atoms with Crippen LogP contribution in [0.3, 0.4) is 0 Å². The highest BCUT2D eigenvalue weighted by Crippen LogP contribution is 2.30. The number of aryl methyl sites for hydroxylation is 1. The average molecular weight is 469 g/mol. The molecule has 7 nitrogen and oxygen atoms in total. The van der Waals surface area contributed by atoms with Crippen molar-refractivity contribution < 1.29 is 4.79 Å². The Balaban J connectivity index is 1.28. The van der Waals surface area contributed by atoms with Crippen molar-refractivity contribution in [1.82, 2.24) is 25.1 Å². The molecule has 0 bridgehead atoms. The van der Waals surface area contributed by atoms with Crippen molar-refractivity contribution in [3.8, 4) is 11.1 Å². The first kappa shape index (κ1) is 23.0. The van der Waals surface area contributed by atoms with Crippen LogP contribution in [0.25, 0.3) is 22.0 Å². The van der Waals surface area contributed by atoms with Crippen LogP contribution < -0.4 is 10.2 Å². The van der Waals surface area contributed by atoms with Gasteiger partial charge >= 0.3 is 0 Å². The summed E-state index contributed by atoms with van der Waals surface area (Å²) in [6.07, 6.45) is 8.80. The molecule has 1 saturated heterocycles. The highest BCUT2D eigenvalue weighted by atomic mass is 16.1. The van der Waals surface area contributed by atoms with Crippen LogP contribution in [-0.2, 0) is 6.42 Å². The number of rotatable bonds is 6. The number of benzene rings is 2. The molecule has 35 heavy (non-hydrogen) atoms. The SMILES string of the molecule is CCc1cnc(N2CCC(n3ncc4cc(-c5ccc(C(=O)NC(C)C)cc5)ccc43)CC2)nc1. The third kappa shape index (κ3) is 4.90. The van der Waals surface area contributed by atoms with Gasteiger partial charge in [-0.1, -0.05) is 25.1 Å². The van der Waals surface area contributed by atoms with E-state index < -0.39 is 0 Å². The zero-order valence-electron chi connectivity index (χ0n) is 20.6. The van der Waals surface area contributed by atoms with E-state index in [1.807, 2.05) is 56.7 Å². The van der Waals surface area contributed by atoms with E-state index in [9.17, 15) is 4.79 Å². The molecule has 1 aliphatic heterocycles. The normalized spacial score (nSPS) is 14.6. The van der Waals surface area contributed by atoms with E-state index in [-0.39, 0.29) is 11.9 Å². The fourth-order valence-corrected chi connectivity index (χ4v) is 4.69. The zero-order chi connectivity index (χ0) is 24.4. The Morgan fingerprint density at radius 3 is 2.34 bits per heavy atom. The Morgan fingerprint density at radius 1 is 1.00 bits per heavy atom. The Hall–Kier alpha value is -3.74. The summed E-state index contributed by atoms with van der Waals surface area (Å²) >= 11 is 0. The van der Waals surface area contributed by atoms with Crippen LogP contribution >= 0.6 is 0 Å². The Morgan fingerprint density at radius 2 is 1.69 bits per heavy atom. The van der Waals surface area contributed by atoms with E-state index in [2.05, 4.69) is 50.0 Å². The first-order valence-electron chi connectivity index (χ1n) is 12.5. The van der Waals surface area contributed by atoms with E-state index >= 15 is 0 Å². The van der Waals surface area contributed by atoms with Gasteiger partial charge < -0.3 is 10.2 Å². The number of amides is 1. The van der Waals surface area contributed by atoms with Crippen molar-refractivity contribution in [3.63, 3.8) is 0 Å². The van der Waals surface area contributed by atoms with E-state index in [4.69, 9.17) is 5.10 Å². The molecule has 1 aliphatic rings. The molecule has 0 spiro atoms. The number of aromatic nitrogens is 4. The number of carbonyl (C=O) groups is 1.